The van der Waals surface area contributed by atoms with Gasteiger partial charge in [-0.2, -0.15) is 0 Å². The number of amides is 1. The molecular formula is C18H19N3O4S3. The molecule has 2 N–H and O–H groups in total. The van der Waals surface area contributed by atoms with Crippen LogP contribution in [0.4, 0.5) is 0 Å². The van der Waals surface area contributed by atoms with Crippen molar-refractivity contribution in [3.63, 3.8) is 0 Å². The molecule has 0 saturated carbocycles. The van der Waals surface area contributed by atoms with Crippen LogP contribution in [0.5, 0.6) is 5.75 Å². The van der Waals surface area contributed by atoms with Crippen molar-refractivity contribution in [1.29, 1.82) is 0 Å². The highest BCUT2D eigenvalue weighted by Gasteiger charge is 2.14. The third kappa shape index (κ3) is 5.38. The molecule has 0 unspecified atom stereocenters. The van der Waals surface area contributed by atoms with Gasteiger partial charge in [0.05, 0.1) is 29.0 Å². The Labute approximate surface area is 171 Å². The topological polar surface area (TPSA) is 97.4 Å². The van der Waals surface area contributed by atoms with Crippen LogP contribution in [0.3, 0.4) is 0 Å². The molecule has 0 radical (unpaired) electrons. The van der Waals surface area contributed by atoms with Crippen molar-refractivity contribution in [3.8, 4) is 15.6 Å². The van der Waals surface area contributed by atoms with Gasteiger partial charge < -0.3 is 10.1 Å². The fourth-order valence-corrected chi connectivity index (χ4v) is 5.02. The van der Waals surface area contributed by atoms with Crippen LogP contribution in [-0.2, 0) is 21.2 Å². The summed E-state index contributed by atoms with van der Waals surface area (Å²) in [6.45, 7) is 0.285. The summed E-state index contributed by atoms with van der Waals surface area (Å²) in [6, 6.07) is 10.0. The summed E-state index contributed by atoms with van der Waals surface area (Å²) in [5.41, 5.74) is 0.699. The normalized spacial score (nSPS) is 11.3. The van der Waals surface area contributed by atoms with E-state index in [2.05, 4.69) is 15.0 Å². The van der Waals surface area contributed by atoms with E-state index in [1.54, 1.807) is 23.5 Å². The molecule has 0 fully saturated rings. The van der Waals surface area contributed by atoms with Crippen molar-refractivity contribution >= 4 is 38.6 Å². The zero-order valence-electron chi connectivity index (χ0n) is 15.0. The smallest absolute Gasteiger partial charge is 0.240 e. The van der Waals surface area contributed by atoms with Crippen molar-refractivity contribution in [3.05, 3.63) is 52.9 Å². The molecule has 2 heterocycles. The Kier molecular flexibility index (Phi) is 6.79. The molecule has 0 aliphatic rings. The SMILES string of the molecule is COc1ccc(S(=O)(=O)NCCNC(=O)Cc2csc(-c3cccs3)n2)cc1. The summed E-state index contributed by atoms with van der Waals surface area (Å²) in [5, 5.41) is 7.44. The van der Waals surface area contributed by atoms with Crippen LogP contribution in [0.2, 0.25) is 0 Å². The summed E-state index contributed by atoms with van der Waals surface area (Å²) >= 11 is 3.10. The van der Waals surface area contributed by atoms with Gasteiger partial charge in [0.2, 0.25) is 15.9 Å². The van der Waals surface area contributed by atoms with Gasteiger partial charge in [0.15, 0.2) is 0 Å². The van der Waals surface area contributed by atoms with Gasteiger partial charge in [-0.15, -0.1) is 22.7 Å². The lowest BCUT2D eigenvalue weighted by Gasteiger charge is -2.08. The lowest BCUT2D eigenvalue weighted by molar-refractivity contribution is -0.120. The first-order valence-corrected chi connectivity index (χ1v) is 11.6. The number of sulfonamides is 1. The minimum Gasteiger partial charge on any atom is -0.497 e. The van der Waals surface area contributed by atoms with Crippen LogP contribution in [0.15, 0.2) is 52.1 Å². The Hall–Kier alpha value is -2.27. The summed E-state index contributed by atoms with van der Waals surface area (Å²) < 4.78 is 31.9. The number of thiophene rings is 1. The minimum atomic E-state index is -3.63. The second-order valence-corrected chi connectivity index (χ2v) is 9.29. The average Bonchev–Trinajstić information content (AvgIpc) is 3.37. The number of nitrogens with one attached hydrogen (secondary N) is 2. The number of hydrogen-bond donors (Lipinski definition) is 2. The largest absolute Gasteiger partial charge is 0.497 e. The molecule has 1 aromatic carbocycles. The highest BCUT2D eigenvalue weighted by Crippen LogP contribution is 2.27. The van der Waals surface area contributed by atoms with Crippen LogP contribution in [-0.4, -0.2) is 39.5 Å². The molecule has 0 aliphatic heterocycles. The van der Waals surface area contributed by atoms with Crippen molar-refractivity contribution in [1.82, 2.24) is 15.0 Å². The van der Waals surface area contributed by atoms with Crippen LogP contribution >= 0.6 is 22.7 Å². The first kappa shape index (κ1) is 20.5. The molecule has 0 atom stereocenters. The van der Waals surface area contributed by atoms with E-state index in [-0.39, 0.29) is 30.3 Å². The minimum absolute atomic E-state index is 0.0949. The maximum absolute atomic E-state index is 12.2. The first-order chi connectivity index (χ1) is 13.5. The van der Waals surface area contributed by atoms with Gasteiger partial charge in [0.1, 0.15) is 10.8 Å². The van der Waals surface area contributed by atoms with E-state index in [0.717, 1.165) is 9.88 Å². The Morgan fingerprint density at radius 2 is 1.93 bits per heavy atom. The van der Waals surface area contributed by atoms with E-state index < -0.39 is 10.0 Å². The molecule has 0 bridgehead atoms. The zero-order chi connectivity index (χ0) is 20.0. The number of methoxy groups -OCH3 is 1. The molecule has 148 valence electrons. The monoisotopic (exact) mass is 437 g/mol. The van der Waals surface area contributed by atoms with Gasteiger partial charge in [0, 0.05) is 18.5 Å². The van der Waals surface area contributed by atoms with E-state index in [9.17, 15) is 13.2 Å². The molecule has 2 aromatic heterocycles. The van der Waals surface area contributed by atoms with Gasteiger partial charge in [0.25, 0.3) is 0 Å². The van der Waals surface area contributed by atoms with Gasteiger partial charge in [-0.1, -0.05) is 6.07 Å². The van der Waals surface area contributed by atoms with E-state index in [4.69, 9.17) is 4.74 Å². The van der Waals surface area contributed by atoms with Crippen LogP contribution in [0.1, 0.15) is 5.69 Å². The summed E-state index contributed by atoms with van der Waals surface area (Å²) in [7, 11) is -2.12. The molecule has 28 heavy (non-hydrogen) atoms. The molecular weight excluding hydrogens is 418 g/mol. The van der Waals surface area contributed by atoms with E-state index in [0.29, 0.717) is 11.4 Å². The number of carbonyl (C=O) groups is 1. The third-order valence-corrected chi connectivity index (χ3v) is 7.14. The standard InChI is InChI=1S/C18H19N3O4S3/c1-25-14-4-6-15(7-5-14)28(23,24)20-9-8-19-17(22)11-13-12-27-18(21-13)16-3-2-10-26-16/h2-7,10,12,20H,8-9,11H2,1H3,(H,19,22). The lowest BCUT2D eigenvalue weighted by Crippen LogP contribution is -2.35. The second kappa shape index (κ2) is 9.28. The number of hydrogen-bond acceptors (Lipinski definition) is 7. The quantitative estimate of drug-likeness (QED) is 0.502. The fraction of sp³-hybridized carbons (Fsp3) is 0.222. The molecule has 1 amide bonds. The predicted molar refractivity (Wildman–Crippen MR) is 110 cm³/mol. The molecule has 10 heteroatoms. The Morgan fingerprint density at radius 1 is 1.14 bits per heavy atom. The molecule has 7 nitrogen and oxygen atoms in total. The Morgan fingerprint density at radius 3 is 2.61 bits per heavy atom. The number of rotatable bonds is 9. The lowest BCUT2D eigenvalue weighted by atomic mass is 10.3. The van der Waals surface area contributed by atoms with E-state index >= 15 is 0 Å². The van der Waals surface area contributed by atoms with Crippen molar-refractivity contribution < 1.29 is 17.9 Å². The molecule has 3 aromatic rings. The summed E-state index contributed by atoms with van der Waals surface area (Å²) in [6.07, 6.45) is 0.160. The molecule has 3 rings (SSSR count). The summed E-state index contributed by atoms with van der Waals surface area (Å²) in [4.78, 5) is 17.7. The first-order valence-electron chi connectivity index (χ1n) is 8.36. The number of carbonyl (C=O) groups excluding carboxylic acids is 1. The summed E-state index contributed by atoms with van der Waals surface area (Å²) in [5.74, 6) is 0.377. The van der Waals surface area contributed by atoms with Crippen LogP contribution in [0, 0.1) is 0 Å². The zero-order valence-corrected chi connectivity index (χ0v) is 17.5. The number of nitrogens with zero attached hydrogens (tertiary/aromatic N) is 1. The number of ether oxygens (including phenoxy) is 1. The van der Waals surface area contributed by atoms with Gasteiger partial charge in [-0.05, 0) is 35.7 Å². The fourth-order valence-electron chi connectivity index (χ4n) is 2.35. The van der Waals surface area contributed by atoms with E-state index in [1.165, 1.54) is 30.6 Å². The Balaban J connectivity index is 1.43. The maximum Gasteiger partial charge on any atom is 0.240 e. The maximum atomic E-state index is 12.2. The number of aromatic nitrogens is 1. The van der Waals surface area contributed by atoms with Crippen molar-refractivity contribution in [2.24, 2.45) is 0 Å². The number of thiazole rings is 1. The Bertz CT molecular complexity index is 1010. The number of benzene rings is 1. The van der Waals surface area contributed by atoms with Crippen molar-refractivity contribution in [2.45, 2.75) is 11.3 Å². The van der Waals surface area contributed by atoms with E-state index in [1.807, 2.05) is 22.9 Å². The highest BCUT2D eigenvalue weighted by atomic mass is 32.2. The second-order valence-electron chi connectivity index (χ2n) is 5.72. The predicted octanol–water partition coefficient (Wildman–Crippen LogP) is 2.52. The van der Waals surface area contributed by atoms with Gasteiger partial charge >= 0.3 is 0 Å². The van der Waals surface area contributed by atoms with Gasteiger partial charge in [-0.25, -0.2) is 18.1 Å². The molecule has 0 saturated heterocycles. The van der Waals surface area contributed by atoms with Crippen molar-refractivity contribution in [2.75, 3.05) is 20.2 Å². The highest BCUT2D eigenvalue weighted by molar-refractivity contribution is 7.89. The molecule has 0 spiro atoms. The van der Waals surface area contributed by atoms with Gasteiger partial charge in [-0.3, -0.25) is 4.79 Å². The third-order valence-electron chi connectivity index (χ3n) is 3.73. The average molecular weight is 438 g/mol. The molecule has 0 aliphatic carbocycles. The van der Waals surface area contributed by atoms with Crippen LogP contribution in [0.25, 0.3) is 9.88 Å². The van der Waals surface area contributed by atoms with Crippen LogP contribution < -0.4 is 14.8 Å².